The fourth-order valence-corrected chi connectivity index (χ4v) is 9.38. The minimum Gasteiger partial charge on any atom is -0.400 e. The third kappa shape index (κ3) is 6.72. The van der Waals surface area contributed by atoms with Crippen molar-refractivity contribution in [2.45, 2.75) is 25.7 Å². The van der Waals surface area contributed by atoms with Crippen LogP contribution in [0, 0.1) is 51.1 Å². The maximum atomic E-state index is 14.3. The van der Waals surface area contributed by atoms with Crippen molar-refractivity contribution in [3.63, 3.8) is 0 Å². The van der Waals surface area contributed by atoms with Crippen molar-refractivity contribution in [2.75, 3.05) is 0 Å². The molecule has 12 nitrogen and oxygen atoms in total. The Morgan fingerprint density at radius 1 is 0.658 bits per heavy atom. The van der Waals surface area contributed by atoms with Gasteiger partial charge in [0.05, 0.1) is 23.7 Å². The highest BCUT2D eigenvalue weighted by atomic mass is 79.9. The number of nitro groups is 3. The molecule has 200 valence electrons. The molecule has 38 heavy (non-hydrogen) atoms. The third-order valence-corrected chi connectivity index (χ3v) is 10.1. The second-order valence-corrected chi connectivity index (χ2v) is 14.1. The summed E-state index contributed by atoms with van der Waals surface area (Å²) in [5.74, 6) is -0.985. The first-order valence-corrected chi connectivity index (χ1v) is 15.5. The Bertz CT molecular complexity index is 1370. The van der Waals surface area contributed by atoms with E-state index in [2.05, 4.69) is 47.8 Å². The summed E-state index contributed by atoms with van der Waals surface area (Å²) in [5, 5.41) is 35.4. The highest BCUT2D eigenvalue weighted by Crippen LogP contribution is 2.67. The highest BCUT2D eigenvalue weighted by Gasteiger charge is 2.40. The monoisotopic (exact) mass is 753 g/mol. The standard InChI is InChI=1S/C21H15Br3N3O9PS/c1-10-4-13(22)19(16(7-10)25(28)29)35-37(34,36-20-14(23)5-11(2)8-17(20)26(30)31)38-21-15(24)6-12(3)9-18(21)27(32)33/h4-9H,1-3H3. The molecule has 0 spiro atoms. The van der Waals surface area contributed by atoms with E-state index in [-0.39, 0.29) is 29.7 Å². The molecule has 0 amide bonds. The van der Waals surface area contributed by atoms with Crippen molar-refractivity contribution in [3.8, 4) is 11.5 Å². The molecule has 3 aromatic carbocycles. The van der Waals surface area contributed by atoms with E-state index in [0.29, 0.717) is 16.7 Å². The summed E-state index contributed by atoms with van der Waals surface area (Å²) < 4.78 is 25.9. The van der Waals surface area contributed by atoms with E-state index in [1.165, 1.54) is 36.4 Å². The van der Waals surface area contributed by atoms with Gasteiger partial charge in [-0.25, -0.2) is 4.57 Å². The molecule has 0 aliphatic rings. The van der Waals surface area contributed by atoms with Crippen molar-refractivity contribution in [1.82, 2.24) is 0 Å². The number of halogens is 3. The summed E-state index contributed by atoms with van der Waals surface area (Å²) in [6.45, 7) is -0.00991. The molecule has 0 radical (unpaired) electrons. The average Bonchev–Trinajstić information content (AvgIpc) is 2.78. The van der Waals surface area contributed by atoms with Crippen LogP contribution in [0.2, 0.25) is 0 Å². The van der Waals surface area contributed by atoms with Crippen molar-refractivity contribution >= 4 is 83.0 Å². The van der Waals surface area contributed by atoms with Gasteiger partial charge in [0.15, 0.2) is 0 Å². The Hall–Kier alpha value is -2.52. The minimum absolute atomic E-state index is 0.0450. The van der Waals surface area contributed by atoms with Crippen LogP contribution in [-0.2, 0) is 4.57 Å². The van der Waals surface area contributed by atoms with Gasteiger partial charge in [-0.1, -0.05) is 0 Å². The zero-order valence-corrected chi connectivity index (χ0v) is 25.9. The van der Waals surface area contributed by atoms with Crippen LogP contribution in [0.15, 0.2) is 54.7 Å². The molecule has 0 saturated heterocycles. The summed E-state index contributed by atoms with van der Waals surface area (Å²) in [4.78, 5) is 32.9. The lowest BCUT2D eigenvalue weighted by molar-refractivity contribution is -0.387. The molecule has 0 bridgehead atoms. The fourth-order valence-electron chi connectivity index (χ4n) is 3.20. The molecule has 3 rings (SSSR count). The molecule has 0 unspecified atom stereocenters. The largest absolute Gasteiger partial charge is 0.498 e. The van der Waals surface area contributed by atoms with E-state index in [9.17, 15) is 34.9 Å². The van der Waals surface area contributed by atoms with Gasteiger partial charge in [-0.3, -0.25) is 30.3 Å². The van der Waals surface area contributed by atoms with E-state index in [4.69, 9.17) is 9.05 Å². The van der Waals surface area contributed by atoms with Gasteiger partial charge >= 0.3 is 18.2 Å². The van der Waals surface area contributed by atoms with Gasteiger partial charge in [0.25, 0.3) is 5.69 Å². The van der Waals surface area contributed by atoms with E-state index < -0.39 is 50.1 Å². The molecular formula is C21H15Br3N3O9PS. The maximum absolute atomic E-state index is 14.3. The second-order valence-electron chi connectivity index (χ2n) is 7.78. The highest BCUT2D eigenvalue weighted by molar-refractivity contribution is 9.11. The average molecular weight is 756 g/mol. The predicted molar refractivity (Wildman–Crippen MR) is 151 cm³/mol. The maximum Gasteiger partial charge on any atom is 0.498 e. The van der Waals surface area contributed by atoms with Gasteiger partial charge in [0.1, 0.15) is 4.90 Å². The Kier molecular flexibility index (Phi) is 9.24. The van der Waals surface area contributed by atoms with Gasteiger partial charge in [0.2, 0.25) is 11.5 Å². The third-order valence-electron chi connectivity index (χ3n) is 4.70. The lowest BCUT2D eigenvalue weighted by atomic mass is 10.2. The first-order valence-electron chi connectivity index (χ1n) is 10.1. The van der Waals surface area contributed by atoms with E-state index >= 15 is 0 Å². The van der Waals surface area contributed by atoms with Crippen LogP contribution in [-0.4, -0.2) is 14.8 Å². The second kappa shape index (κ2) is 11.7. The molecule has 0 saturated carbocycles. The molecule has 0 atom stereocenters. The van der Waals surface area contributed by atoms with E-state index in [0.717, 1.165) is 0 Å². The molecule has 0 aliphatic heterocycles. The summed E-state index contributed by atoms with van der Waals surface area (Å²) in [6.07, 6.45) is 0. The summed E-state index contributed by atoms with van der Waals surface area (Å²) in [5.41, 5.74) is -0.128. The zero-order chi connectivity index (χ0) is 28.5. The van der Waals surface area contributed by atoms with Gasteiger partial charge < -0.3 is 9.05 Å². The van der Waals surface area contributed by atoms with Crippen molar-refractivity contribution in [1.29, 1.82) is 0 Å². The van der Waals surface area contributed by atoms with Gasteiger partial charge in [-0.15, -0.1) is 0 Å². The number of nitrogens with zero attached hydrogens (tertiary/aromatic N) is 3. The molecule has 17 heteroatoms. The first-order chi connectivity index (χ1) is 17.6. The van der Waals surface area contributed by atoms with Crippen LogP contribution in [0.25, 0.3) is 0 Å². The lowest BCUT2D eigenvalue weighted by Crippen LogP contribution is -2.05. The lowest BCUT2D eigenvalue weighted by Gasteiger charge is -2.21. The quantitative estimate of drug-likeness (QED) is 0.117. The number of hydrogen-bond donors (Lipinski definition) is 0. The van der Waals surface area contributed by atoms with Crippen molar-refractivity contribution in [2.24, 2.45) is 0 Å². The first kappa shape index (κ1) is 30.0. The number of benzene rings is 3. The number of nitro benzene ring substituents is 3. The summed E-state index contributed by atoms with van der Waals surface area (Å²) >= 11 is 9.82. The number of aryl methyl sites for hydroxylation is 3. The zero-order valence-electron chi connectivity index (χ0n) is 19.5. The van der Waals surface area contributed by atoms with Gasteiger partial charge in [-0.2, -0.15) is 0 Å². The van der Waals surface area contributed by atoms with Crippen molar-refractivity contribution in [3.05, 3.63) is 96.8 Å². The molecule has 0 heterocycles. The smallest absolute Gasteiger partial charge is 0.400 e. The van der Waals surface area contributed by atoms with Crippen LogP contribution >= 0.6 is 66.0 Å². The molecule has 0 aromatic heterocycles. The van der Waals surface area contributed by atoms with E-state index in [1.54, 1.807) is 20.8 Å². The molecular weight excluding hydrogens is 741 g/mol. The topological polar surface area (TPSA) is 165 Å². The Labute approximate surface area is 244 Å². The fraction of sp³-hybridized carbons (Fsp3) is 0.143. The van der Waals surface area contributed by atoms with Gasteiger partial charge in [-0.05, 0) is 103 Å². The van der Waals surface area contributed by atoms with Crippen LogP contribution in [0.4, 0.5) is 17.1 Å². The van der Waals surface area contributed by atoms with Crippen LogP contribution in [0.1, 0.15) is 16.7 Å². The summed E-state index contributed by atoms with van der Waals surface area (Å²) in [6, 6.07) is 8.02. The predicted octanol–water partition coefficient (Wildman–Crippen LogP) is 8.98. The molecule has 0 N–H and O–H groups in total. The minimum atomic E-state index is -4.80. The molecule has 0 fully saturated rings. The van der Waals surface area contributed by atoms with Crippen molar-refractivity contribution < 1.29 is 28.4 Å². The Morgan fingerprint density at radius 3 is 1.37 bits per heavy atom. The summed E-state index contributed by atoms with van der Waals surface area (Å²) in [7, 11) is 0. The number of rotatable bonds is 9. The SMILES string of the molecule is Cc1cc(Br)c(OP(=O)(Oc2c(Br)cc(C)cc2[N+](=O)[O-])Sc2c(Br)cc(C)cc2[N+](=O)[O-])c([N+](=O)[O-])c1. The molecule has 3 aromatic rings. The van der Waals surface area contributed by atoms with Crippen LogP contribution in [0.5, 0.6) is 11.5 Å². The van der Waals surface area contributed by atoms with E-state index in [1.807, 2.05) is 0 Å². The van der Waals surface area contributed by atoms with Crippen LogP contribution in [0.3, 0.4) is 0 Å². The Balaban J connectivity index is 2.28. The number of hydrogen-bond acceptors (Lipinski definition) is 10. The Morgan fingerprint density at radius 2 is 1.00 bits per heavy atom. The van der Waals surface area contributed by atoms with Crippen LogP contribution < -0.4 is 9.05 Å². The molecule has 0 aliphatic carbocycles. The van der Waals surface area contributed by atoms with Gasteiger partial charge in [0, 0.05) is 34.1 Å². The normalized spacial score (nSPS) is 11.2.